The van der Waals surface area contributed by atoms with Gasteiger partial charge in [-0.15, -0.1) is 0 Å². The Morgan fingerprint density at radius 2 is 1.31 bits per heavy atom. The van der Waals surface area contributed by atoms with E-state index in [-0.39, 0.29) is 12.4 Å². The molecule has 1 aromatic heterocycles. The van der Waals surface area contributed by atoms with Crippen LogP contribution >= 0.6 is 0 Å². The van der Waals surface area contributed by atoms with Gasteiger partial charge >= 0.3 is 0 Å². The highest BCUT2D eigenvalue weighted by molar-refractivity contribution is 6.14. The smallest absolute Gasteiger partial charge is 0.196 e. The van der Waals surface area contributed by atoms with Gasteiger partial charge in [-0.05, 0) is 48.0 Å². The van der Waals surface area contributed by atoms with Crippen LogP contribution in [0.15, 0.2) is 134 Å². The Morgan fingerprint density at radius 3 is 2.10 bits per heavy atom. The second-order valence-electron chi connectivity index (χ2n) is 9.96. The highest BCUT2D eigenvalue weighted by Gasteiger charge is 2.28. The molecule has 5 aromatic carbocycles. The topological polar surface area (TPSA) is 41.5 Å². The maximum atomic E-state index is 6.56. The Hall–Kier alpha value is -5.16. The van der Waals surface area contributed by atoms with Gasteiger partial charge in [0.05, 0.1) is 22.1 Å². The lowest BCUT2D eigenvalue weighted by atomic mass is 10.1. The molecule has 0 spiro atoms. The summed E-state index contributed by atoms with van der Waals surface area (Å²) < 4.78 is 8.89. The van der Waals surface area contributed by atoms with Crippen LogP contribution in [0.1, 0.15) is 23.5 Å². The molecule has 2 N–H and O–H groups in total. The van der Waals surface area contributed by atoms with E-state index >= 15 is 0 Å². The molecular formula is C34H26N4O. The zero-order valence-corrected chi connectivity index (χ0v) is 21.2. The Balaban J connectivity index is 1.21. The molecule has 2 unspecified atom stereocenters. The van der Waals surface area contributed by atoms with E-state index in [0.29, 0.717) is 0 Å². The number of anilines is 2. The summed E-state index contributed by atoms with van der Waals surface area (Å²) in [5, 5.41) is 9.35. The number of hydrogen-bond acceptors (Lipinski definition) is 4. The van der Waals surface area contributed by atoms with E-state index in [1.165, 1.54) is 10.9 Å². The molecule has 0 saturated carbocycles. The molecule has 0 bridgehead atoms. The predicted octanol–water partition coefficient (Wildman–Crippen LogP) is 7.87. The first-order valence-corrected chi connectivity index (χ1v) is 13.3. The number of benzene rings is 5. The zero-order chi connectivity index (χ0) is 25.8. The molecule has 0 aliphatic carbocycles. The van der Waals surface area contributed by atoms with Gasteiger partial charge < -0.3 is 24.8 Å². The Labute approximate surface area is 226 Å². The normalized spacial score (nSPS) is 17.7. The van der Waals surface area contributed by atoms with Gasteiger partial charge in [-0.3, -0.25) is 0 Å². The van der Waals surface area contributed by atoms with Crippen molar-refractivity contribution >= 4 is 33.2 Å². The fourth-order valence-corrected chi connectivity index (χ4v) is 5.89. The summed E-state index contributed by atoms with van der Waals surface area (Å²) in [5.74, 6) is 0.909. The molecule has 0 amide bonds. The highest BCUT2D eigenvalue weighted by atomic mass is 16.5. The summed E-state index contributed by atoms with van der Waals surface area (Å²) in [6.45, 7) is 0. The molecule has 2 aliphatic heterocycles. The first kappa shape index (κ1) is 21.9. The lowest BCUT2D eigenvalue weighted by molar-refractivity contribution is 0.263. The third kappa shape index (κ3) is 3.47. The molecule has 5 nitrogen and oxygen atoms in total. The molecule has 2 atom stereocenters. The number of fused-ring (bicyclic) bond motifs is 5. The molecule has 6 aromatic rings. The summed E-state index contributed by atoms with van der Waals surface area (Å²) in [6.07, 6.45) is 3.99. The van der Waals surface area contributed by atoms with Crippen molar-refractivity contribution in [2.24, 2.45) is 0 Å². The lowest BCUT2D eigenvalue weighted by Gasteiger charge is -2.26. The van der Waals surface area contributed by atoms with Gasteiger partial charge in [-0.1, -0.05) is 78.9 Å². The fraction of sp³-hybridized carbons (Fsp3) is 0.0588. The van der Waals surface area contributed by atoms with Crippen LogP contribution in [0.3, 0.4) is 0 Å². The van der Waals surface area contributed by atoms with E-state index in [4.69, 9.17) is 4.74 Å². The summed E-state index contributed by atoms with van der Waals surface area (Å²) in [7, 11) is 0. The minimum absolute atomic E-state index is 0.0788. The predicted molar refractivity (Wildman–Crippen MR) is 158 cm³/mol. The van der Waals surface area contributed by atoms with E-state index in [1.807, 2.05) is 24.4 Å². The monoisotopic (exact) mass is 506 g/mol. The SMILES string of the molecule is C1=CN(c2ccc(-n3c4ccccc4c4c5c(ccc43)NC(c3ccccc3)O5)cc2)C(c2ccccc2)N1. The molecule has 3 heterocycles. The van der Waals surface area contributed by atoms with Crippen LogP contribution < -0.4 is 20.3 Å². The quantitative estimate of drug-likeness (QED) is 0.255. The third-order valence-corrected chi connectivity index (χ3v) is 7.70. The average molecular weight is 507 g/mol. The molecule has 8 rings (SSSR count). The highest BCUT2D eigenvalue weighted by Crippen LogP contribution is 2.47. The average Bonchev–Trinajstić information content (AvgIpc) is 3.74. The van der Waals surface area contributed by atoms with Crippen LogP contribution in [0.25, 0.3) is 27.5 Å². The number of rotatable bonds is 4. The van der Waals surface area contributed by atoms with Gasteiger partial charge in [-0.2, -0.15) is 0 Å². The number of hydrogen-bond donors (Lipinski definition) is 2. The molecule has 5 heteroatoms. The van der Waals surface area contributed by atoms with Gasteiger partial charge in [0.2, 0.25) is 0 Å². The summed E-state index contributed by atoms with van der Waals surface area (Å²) in [5.41, 5.74) is 7.89. The van der Waals surface area contributed by atoms with Crippen LogP contribution in [0.2, 0.25) is 0 Å². The van der Waals surface area contributed by atoms with Crippen LogP contribution in [0, 0.1) is 0 Å². The van der Waals surface area contributed by atoms with Gasteiger partial charge in [0, 0.05) is 34.7 Å². The first-order valence-electron chi connectivity index (χ1n) is 13.3. The second kappa shape index (κ2) is 8.71. The van der Waals surface area contributed by atoms with E-state index < -0.39 is 0 Å². The summed E-state index contributed by atoms with van der Waals surface area (Å²) >= 11 is 0. The van der Waals surface area contributed by atoms with Crippen LogP contribution in [0.5, 0.6) is 5.75 Å². The molecule has 0 fully saturated rings. The maximum absolute atomic E-state index is 6.56. The van der Waals surface area contributed by atoms with Crippen molar-refractivity contribution in [3.05, 3.63) is 145 Å². The van der Waals surface area contributed by atoms with Gasteiger partial charge in [0.25, 0.3) is 0 Å². The molecular weight excluding hydrogens is 480 g/mol. The van der Waals surface area contributed by atoms with Crippen LogP contribution in [0.4, 0.5) is 11.4 Å². The van der Waals surface area contributed by atoms with Crippen LogP contribution in [-0.4, -0.2) is 4.57 Å². The van der Waals surface area contributed by atoms with E-state index in [2.05, 4.69) is 129 Å². The van der Waals surface area contributed by atoms with Crippen molar-refractivity contribution in [2.75, 3.05) is 10.2 Å². The van der Waals surface area contributed by atoms with Crippen molar-refractivity contribution in [3.63, 3.8) is 0 Å². The van der Waals surface area contributed by atoms with Crippen molar-refractivity contribution < 1.29 is 4.74 Å². The number of nitrogens with one attached hydrogen (secondary N) is 2. The molecule has 0 radical (unpaired) electrons. The van der Waals surface area contributed by atoms with Gasteiger partial charge in [0.15, 0.2) is 12.0 Å². The summed E-state index contributed by atoms with van der Waals surface area (Å²) in [6, 6.07) is 42.5. The van der Waals surface area contributed by atoms with Crippen molar-refractivity contribution in [1.29, 1.82) is 0 Å². The third-order valence-electron chi connectivity index (χ3n) is 7.70. The van der Waals surface area contributed by atoms with E-state index in [1.54, 1.807) is 0 Å². The largest absolute Gasteiger partial charge is 0.464 e. The first-order chi connectivity index (χ1) is 19.3. The second-order valence-corrected chi connectivity index (χ2v) is 9.96. The van der Waals surface area contributed by atoms with Crippen molar-refractivity contribution in [2.45, 2.75) is 12.4 Å². The maximum Gasteiger partial charge on any atom is 0.196 e. The van der Waals surface area contributed by atoms with Crippen LogP contribution in [-0.2, 0) is 0 Å². The summed E-state index contributed by atoms with van der Waals surface area (Å²) in [4.78, 5) is 2.26. The number of aromatic nitrogens is 1. The number of ether oxygens (including phenoxy) is 1. The zero-order valence-electron chi connectivity index (χ0n) is 21.2. The van der Waals surface area contributed by atoms with Crippen molar-refractivity contribution in [3.8, 4) is 11.4 Å². The molecule has 0 saturated heterocycles. The van der Waals surface area contributed by atoms with E-state index in [0.717, 1.165) is 44.8 Å². The standard InChI is InChI=1S/C34H26N4O/c1-3-9-23(10-4-1)33-35-21-22-37(33)25-15-17-26(18-16-25)38-29-14-8-7-13-27(29)31-30(38)20-19-28-32(31)39-34(36-28)24-11-5-2-6-12-24/h1-22,33-36H. The molecule has 39 heavy (non-hydrogen) atoms. The fourth-order valence-electron chi connectivity index (χ4n) is 5.89. The van der Waals surface area contributed by atoms with E-state index in [9.17, 15) is 0 Å². The number of para-hydroxylation sites is 1. The minimum atomic E-state index is -0.201. The van der Waals surface area contributed by atoms with Gasteiger partial charge in [-0.25, -0.2) is 0 Å². The number of nitrogens with zero attached hydrogens (tertiary/aromatic N) is 2. The molecule has 188 valence electrons. The van der Waals surface area contributed by atoms with Crippen molar-refractivity contribution in [1.82, 2.24) is 9.88 Å². The van der Waals surface area contributed by atoms with Gasteiger partial charge in [0.1, 0.15) is 6.17 Å². The Bertz CT molecular complexity index is 1840. The molecule has 2 aliphatic rings. The lowest BCUT2D eigenvalue weighted by Crippen LogP contribution is -2.26. The Kier molecular flexibility index (Phi) is 4.88. The minimum Gasteiger partial charge on any atom is -0.464 e. The Morgan fingerprint density at radius 1 is 0.615 bits per heavy atom.